The lowest BCUT2D eigenvalue weighted by Crippen LogP contribution is -2.42. The summed E-state index contributed by atoms with van der Waals surface area (Å²) in [7, 11) is 0. The summed E-state index contributed by atoms with van der Waals surface area (Å²) in [6.45, 7) is 4.18. The van der Waals surface area contributed by atoms with Gasteiger partial charge in [-0.2, -0.15) is 5.26 Å². The third kappa shape index (κ3) is 4.56. The van der Waals surface area contributed by atoms with E-state index >= 15 is 0 Å². The predicted octanol–water partition coefficient (Wildman–Crippen LogP) is 3.90. The van der Waals surface area contributed by atoms with Crippen LogP contribution in [0.4, 0.5) is 0 Å². The van der Waals surface area contributed by atoms with Crippen LogP contribution < -0.4 is 5.32 Å². The van der Waals surface area contributed by atoms with Gasteiger partial charge in [0.25, 0.3) is 0 Å². The lowest BCUT2D eigenvalue weighted by atomic mass is 9.98. The molecule has 0 aliphatic heterocycles. The molecule has 1 aliphatic rings. The van der Waals surface area contributed by atoms with Gasteiger partial charge in [-0.25, -0.2) is 0 Å². The van der Waals surface area contributed by atoms with Gasteiger partial charge in [-0.3, -0.25) is 5.32 Å². The first-order valence-electron chi connectivity index (χ1n) is 7.00. The quantitative estimate of drug-likeness (QED) is 0.605. The molecule has 19 heavy (non-hydrogen) atoms. The molecule has 1 fully saturated rings. The van der Waals surface area contributed by atoms with Gasteiger partial charge in [-0.05, 0) is 56.9 Å². The van der Waals surface area contributed by atoms with Crippen molar-refractivity contribution in [2.75, 3.05) is 5.75 Å². The van der Waals surface area contributed by atoms with Gasteiger partial charge in [0.05, 0.1) is 6.07 Å². The number of rotatable bonds is 7. The second-order valence-electron chi connectivity index (χ2n) is 5.58. The molecule has 0 radical (unpaired) electrons. The summed E-state index contributed by atoms with van der Waals surface area (Å²) < 4.78 is 0. The number of benzene rings is 1. The maximum atomic E-state index is 9.30. The lowest BCUT2D eigenvalue weighted by molar-refractivity contribution is 0.412. The highest BCUT2D eigenvalue weighted by atomic mass is 32.2. The van der Waals surface area contributed by atoms with Crippen LogP contribution in [0.1, 0.15) is 38.2 Å². The van der Waals surface area contributed by atoms with Gasteiger partial charge < -0.3 is 0 Å². The topological polar surface area (TPSA) is 35.8 Å². The summed E-state index contributed by atoms with van der Waals surface area (Å²) in [6, 6.07) is 11.5. The minimum atomic E-state index is -0.340. The van der Waals surface area contributed by atoms with Crippen molar-refractivity contribution in [3.05, 3.63) is 29.8 Å². The van der Waals surface area contributed by atoms with Crippen LogP contribution in [-0.4, -0.2) is 17.3 Å². The summed E-state index contributed by atoms with van der Waals surface area (Å²) in [4.78, 5) is 1.36. The van der Waals surface area contributed by atoms with Crippen molar-refractivity contribution < 1.29 is 0 Å². The average Bonchev–Trinajstić information content (AvgIpc) is 3.20. The first kappa shape index (κ1) is 14.4. The van der Waals surface area contributed by atoms with E-state index in [0.29, 0.717) is 6.04 Å². The van der Waals surface area contributed by atoms with Crippen LogP contribution in [0.5, 0.6) is 0 Å². The van der Waals surface area contributed by atoms with E-state index in [1.54, 1.807) is 0 Å². The van der Waals surface area contributed by atoms with Crippen molar-refractivity contribution in [2.24, 2.45) is 0 Å². The van der Waals surface area contributed by atoms with Gasteiger partial charge in [0.1, 0.15) is 5.54 Å². The van der Waals surface area contributed by atoms with Gasteiger partial charge in [0, 0.05) is 10.9 Å². The van der Waals surface area contributed by atoms with Gasteiger partial charge in [-0.15, -0.1) is 11.8 Å². The molecule has 3 heteroatoms. The maximum Gasteiger partial charge on any atom is 0.104 e. The molecule has 1 atom stereocenters. The van der Waals surface area contributed by atoms with Crippen molar-refractivity contribution in [1.29, 1.82) is 5.26 Å². The number of nitrogens with one attached hydrogen (secondary N) is 1. The van der Waals surface area contributed by atoms with E-state index in [1.807, 2.05) is 18.7 Å². The van der Waals surface area contributed by atoms with Crippen molar-refractivity contribution in [3.8, 4) is 6.07 Å². The van der Waals surface area contributed by atoms with Gasteiger partial charge in [0.15, 0.2) is 0 Å². The second-order valence-corrected chi connectivity index (χ2v) is 6.72. The van der Waals surface area contributed by atoms with Crippen LogP contribution in [0, 0.1) is 18.3 Å². The fourth-order valence-electron chi connectivity index (χ4n) is 2.16. The Morgan fingerprint density at radius 3 is 2.79 bits per heavy atom. The molecule has 1 saturated carbocycles. The Labute approximate surface area is 120 Å². The number of hydrogen-bond donors (Lipinski definition) is 1. The molecule has 1 unspecified atom stereocenters. The third-order valence-electron chi connectivity index (χ3n) is 3.52. The third-order valence-corrected chi connectivity index (χ3v) is 4.78. The SMILES string of the molecule is Cc1ccccc1SCCCC(C)(C#N)NC1CC1. The Morgan fingerprint density at radius 2 is 2.16 bits per heavy atom. The van der Waals surface area contributed by atoms with E-state index in [0.717, 1.165) is 18.6 Å². The minimum absolute atomic E-state index is 0.340. The highest BCUT2D eigenvalue weighted by Gasteiger charge is 2.31. The molecule has 0 aromatic heterocycles. The van der Waals surface area contributed by atoms with Gasteiger partial charge in [0.2, 0.25) is 0 Å². The van der Waals surface area contributed by atoms with E-state index in [9.17, 15) is 5.26 Å². The Balaban J connectivity index is 1.74. The smallest absolute Gasteiger partial charge is 0.104 e. The summed E-state index contributed by atoms with van der Waals surface area (Å²) in [5.74, 6) is 1.08. The van der Waals surface area contributed by atoms with E-state index in [-0.39, 0.29) is 5.54 Å². The number of aryl methyl sites for hydroxylation is 1. The minimum Gasteiger partial charge on any atom is -0.297 e. The fourth-order valence-corrected chi connectivity index (χ4v) is 3.14. The molecule has 2 nitrogen and oxygen atoms in total. The van der Waals surface area contributed by atoms with E-state index in [1.165, 1.54) is 23.3 Å². The lowest BCUT2D eigenvalue weighted by Gasteiger charge is -2.23. The van der Waals surface area contributed by atoms with Crippen LogP contribution in [0.2, 0.25) is 0 Å². The zero-order valence-corrected chi connectivity index (χ0v) is 12.6. The maximum absolute atomic E-state index is 9.30. The summed E-state index contributed by atoms with van der Waals surface area (Å²) in [5, 5.41) is 12.8. The molecule has 102 valence electrons. The highest BCUT2D eigenvalue weighted by molar-refractivity contribution is 7.99. The van der Waals surface area contributed by atoms with Gasteiger partial charge >= 0.3 is 0 Å². The molecule has 0 spiro atoms. The number of nitriles is 1. The highest BCUT2D eigenvalue weighted by Crippen LogP contribution is 2.27. The predicted molar refractivity (Wildman–Crippen MR) is 81.3 cm³/mol. The van der Waals surface area contributed by atoms with Crippen molar-refractivity contribution in [1.82, 2.24) is 5.32 Å². The normalized spacial score (nSPS) is 17.7. The van der Waals surface area contributed by atoms with Crippen LogP contribution in [0.15, 0.2) is 29.2 Å². The van der Waals surface area contributed by atoms with Crippen molar-refractivity contribution in [3.63, 3.8) is 0 Å². The van der Waals surface area contributed by atoms with Crippen LogP contribution in [-0.2, 0) is 0 Å². The molecule has 1 aliphatic carbocycles. The van der Waals surface area contributed by atoms with Crippen molar-refractivity contribution in [2.45, 2.75) is 56.0 Å². The Morgan fingerprint density at radius 1 is 1.42 bits per heavy atom. The number of nitrogens with zero attached hydrogens (tertiary/aromatic N) is 1. The molecule has 1 aromatic carbocycles. The van der Waals surface area contributed by atoms with Crippen LogP contribution >= 0.6 is 11.8 Å². The Bertz CT molecular complexity index is 462. The zero-order valence-electron chi connectivity index (χ0n) is 11.8. The molecule has 0 saturated heterocycles. The van der Waals surface area contributed by atoms with Crippen LogP contribution in [0.25, 0.3) is 0 Å². The average molecular weight is 274 g/mol. The standard InChI is InChI=1S/C16H22N2S/c1-13-6-3-4-7-15(13)19-11-5-10-16(2,12-17)18-14-8-9-14/h3-4,6-7,14,18H,5,8-11H2,1-2H3. The zero-order chi connectivity index (χ0) is 13.7. The first-order chi connectivity index (χ1) is 9.13. The summed E-state index contributed by atoms with van der Waals surface area (Å²) in [5.41, 5.74) is 1.000. The first-order valence-corrected chi connectivity index (χ1v) is 7.99. The van der Waals surface area contributed by atoms with Crippen LogP contribution in [0.3, 0.4) is 0 Å². The van der Waals surface area contributed by atoms with Gasteiger partial charge in [-0.1, -0.05) is 18.2 Å². The molecular weight excluding hydrogens is 252 g/mol. The molecule has 1 N–H and O–H groups in total. The Kier molecular flexibility index (Phi) is 4.90. The summed E-state index contributed by atoms with van der Waals surface area (Å²) >= 11 is 1.90. The van der Waals surface area contributed by atoms with Crippen molar-refractivity contribution >= 4 is 11.8 Å². The number of thioether (sulfide) groups is 1. The molecule has 0 bridgehead atoms. The molecule has 0 heterocycles. The number of hydrogen-bond acceptors (Lipinski definition) is 3. The van der Waals surface area contributed by atoms with E-state index < -0.39 is 0 Å². The molecular formula is C16H22N2S. The van der Waals surface area contributed by atoms with E-state index in [2.05, 4.69) is 42.6 Å². The largest absolute Gasteiger partial charge is 0.297 e. The monoisotopic (exact) mass is 274 g/mol. The molecule has 0 amide bonds. The fraction of sp³-hybridized carbons (Fsp3) is 0.562. The molecule has 1 aromatic rings. The Hall–Kier alpha value is -0.980. The second kappa shape index (κ2) is 6.45. The van der Waals surface area contributed by atoms with E-state index in [4.69, 9.17) is 0 Å². The summed E-state index contributed by atoms with van der Waals surface area (Å²) in [6.07, 6.45) is 4.46. The molecule has 2 rings (SSSR count).